The fraction of sp³-hybridized carbons (Fsp3) is 0.500. The fourth-order valence-corrected chi connectivity index (χ4v) is 3.82. The molecule has 0 saturated carbocycles. The first-order chi connectivity index (χ1) is 10.2. The summed E-state index contributed by atoms with van der Waals surface area (Å²) in [5, 5.41) is 11.3. The van der Waals surface area contributed by atoms with Crippen molar-refractivity contribution in [1.82, 2.24) is 14.9 Å². The molecule has 5 heteroatoms. The van der Waals surface area contributed by atoms with Crippen LogP contribution in [0.15, 0.2) is 24.4 Å². The highest BCUT2D eigenvalue weighted by Crippen LogP contribution is 2.32. The maximum atomic E-state index is 10.4. The molecule has 0 amide bonds. The molecule has 2 aromatic rings. The average Bonchev–Trinajstić information content (AvgIpc) is 3.15. The lowest BCUT2D eigenvalue weighted by molar-refractivity contribution is 0.151. The van der Waals surface area contributed by atoms with Crippen molar-refractivity contribution in [2.24, 2.45) is 0 Å². The van der Waals surface area contributed by atoms with Gasteiger partial charge in [-0.05, 0) is 51.4 Å². The van der Waals surface area contributed by atoms with Gasteiger partial charge in [0, 0.05) is 12.7 Å². The van der Waals surface area contributed by atoms with E-state index in [1.54, 1.807) is 17.5 Å². The van der Waals surface area contributed by atoms with Gasteiger partial charge in [-0.2, -0.15) is 0 Å². The molecule has 1 aliphatic heterocycles. The van der Waals surface area contributed by atoms with Crippen molar-refractivity contribution in [3.8, 4) is 10.7 Å². The van der Waals surface area contributed by atoms with Crippen LogP contribution in [0.25, 0.3) is 10.7 Å². The fourth-order valence-electron chi connectivity index (χ4n) is 2.76. The van der Waals surface area contributed by atoms with E-state index in [2.05, 4.69) is 14.9 Å². The Hall–Kier alpha value is -1.30. The van der Waals surface area contributed by atoms with Gasteiger partial charge in [0.25, 0.3) is 0 Å². The van der Waals surface area contributed by atoms with Crippen molar-refractivity contribution in [3.05, 3.63) is 35.0 Å². The first-order valence-electron chi connectivity index (χ1n) is 7.53. The summed E-state index contributed by atoms with van der Waals surface area (Å²) in [6.07, 6.45) is 4.72. The summed E-state index contributed by atoms with van der Waals surface area (Å²) in [4.78, 5) is 12.3. The van der Waals surface area contributed by atoms with Gasteiger partial charge in [0.15, 0.2) is 0 Å². The summed E-state index contributed by atoms with van der Waals surface area (Å²) >= 11 is 1.56. The Morgan fingerprint density at radius 3 is 2.86 bits per heavy atom. The minimum atomic E-state index is -0.416. The number of hydrogen-bond acceptors (Lipinski definition) is 5. The third kappa shape index (κ3) is 3.48. The first-order valence-corrected chi connectivity index (χ1v) is 8.35. The highest BCUT2D eigenvalue weighted by Gasteiger charge is 2.19. The van der Waals surface area contributed by atoms with Gasteiger partial charge in [0.1, 0.15) is 5.01 Å². The molecule has 1 atom stereocenters. The predicted molar refractivity (Wildman–Crippen MR) is 85.3 cm³/mol. The van der Waals surface area contributed by atoms with Crippen LogP contribution in [0.2, 0.25) is 0 Å². The van der Waals surface area contributed by atoms with Gasteiger partial charge in [-0.3, -0.25) is 4.98 Å². The van der Waals surface area contributed by atoms with E-state index in [-0.39, 0.29) is 0 Å². The minimum Gasteiger partial charge on any atom is -0.387 e. The van der Waals surface area contributed by atoms with Gasteiger partial charge < -0.3 is 10.0 Å². The van der Waals surface area contributed by atoms with E-state index < -0.39 is 6.10 Å². The molecule has 1 N–H and O–H groups in total. The van der Waals surface area contributed by atoms with E-state index in [0.29, 0.717) is 0 Å². The second kappa shape index (κ2) is 6.64. The first kappa shape index (κ1) is 14.6. The Kier molecular flexibility index (Phi) is 4.63. The molecule has 1 aliphatic rings. The summed E-state index contributed by atoms with van der Waals surface area (Å²) in [6.45, 7) is 5.29. The van der Waals surface area contributed by atoms with Crippen molar-refractivity contribution in [3.63, 3.8) is 0 Å². The Balaban J connectivity index is 1.68. The monoisotopic (exact) mass is 303 g/mol. The van der Waals surface area contributed by atoms with Crippen LogP contribution in [0, 0.1) is 6.92 Å². The van der Waals surface area contributed by atoms with Crippen molar-refractivity contribution in [2.45, 2.75) is 32.3 Å². The smallest absolute Gasteiger partial charge is 0.142 e. The number of pyridine rings is 1. The zero-order valence-electron chi connectivity index (χ0n) is 12.3. The van der Waals surface area contributed by atoms with E-state index in [4.69, 9.17) is 0 Å². The third-order valence-electron chi connectivity index (χ3n) is 3.94. The van der Waals surface area contributed by atoms with Crippen LogP contribution in [-0.2, 0) is 0 Å². The van der Waals surface area contributed by atoms with Crippen LogP contribution < -0.4 is 0 Å². The van der Waals surface area contributed by atoms with Crippen molar-refractivity contribution >= 4 is 11.3 Å². The molecular formula is C16H21N3OS. The molecule has 21 heavy (non-hydrogen) atoms. The molecule has 0 radical (unpaired) electrons. The summed E-state index contributed by atoms with van der Waals surface area (Å²) in [7, 11) is 0. The zero-order chi connectivity index (χ0) is 14.7. The predicted octanol–water partition coefficient (Wildman–Crippen LogP) is 3.03. The number of rotatable bonds is 5. The number of hydrogen-bond donors (Lipinski definition) is 1. The normalized spacial score (nSPS) is 17.2. The van der Waals surface area contributed by atoms with Crippen LogP contribution in [0.3, 0.4) is 0 Å². The topological polar surface area (TPSA) is 49.3 Å². The SMILES string of the molecule is Cc1nc(-c2ccccn2)sc1C(O)CCN1CCCC1. The Bertz CT molecular complexity index is 578. The molecule has 1 fully saturated rings. The Morgan fingerprint density at radius 2 is 2.14 bits per heavy atom. The van der Waals surface area contributed by atoms with Gasteiger partial charge >= 0.3 is 0 Å². The van der Waals surface area contributed by atoms with E-state index in [0.717, 1.165) is 34.2 Å². The lowest BCUT2D eigenvalue weighted by Crippen LogP contribution is -2.22. The average molecular weight is 303 g/mol. The van der Waals surface area contributed by atoms with Crippen LogP contribution in [0.5, 0.6) is 0 Å². The molecule has 3 heterocycles. The number of aliphatic hydroxyl groups is 1. The van der Waals surface area contributed by atoms with Crippen LogP contribution in [0.1, 0.15) is 35.9 Å². The number of aliphatic hydroxyl groups excluding tert-OH is 1. The highest BCUT2D eigenvalue weighted by atomic mass is 32.1. The summed E-state index contributed by atoms with van der Waals surface area (Å²) in [5.41, 5.74) is 1.80. The van der Waals surface area contributed by atoms with E-state index in [9.17, 15) is 5.11 Å². The standard InChI is InChI=1S/C16H21N3OS/c1-12-15(14(20)7-11-19-9-4-5-10-19)21-16(18-12)13-6-2-3-8-17-13/h2-3,6,8,14,20H,4-5,7,9-11H2,1H3. The van der Waals surface area contributed by atoms with E-state index in [1.165, 1.54) is 25.9 Å². The molecule has 0 bridgehead atoms. The molecule has 0 spiro atoms. The third-order valence-corrected chi connectivity index (χ3v) is 5.22. The molecule has 0 aromatic carbocycles. The lowest BCUT2D eigenvalue weighted by Gasteiger charge is -2.16. The number of likely N-dealkylation sites (tertiary alicyclic amines) is 1. The maximum absolute atomic E-state index is 10.4. The van der Waals surface area contributed by atoms with Crippen LogP contribution in [-0.4, -0.2) is 39.6 Å². The minimum absolute atomic E-state index is 0.416. The van der Waals surface area contributed by atoms with Gasteiger partial charge in [-0.25, -0.2) is 4.98 Å². The molecule has 1 unspecified atom stereocenters. The van der Waals surface area contributed by atoms with Crippen LogP contribution in [0.4, 0.5) is 0 Å². The molecule has 112 valence electrons. The molecular weight excluding hydrogens is 282 g/mol. The van der Waals surface area contributed by atoms with Gasteiger partial charge in [-0.1, -0.05) is 6.07 Å². The van der Waals surface area contributed by atoms with Gasteiger partial charge in [-0.15, -0.1) is 11.3 Å². The van der Waals surface area contributed by atoms with Gasteiger partial charge in [0.05, 0.1) is 22.4 Å². The zero-order valence-corrected chi connectivity index (χ0v) is 13.1. The van der Waals surface area contributed by atoms with Crippen molar-refractivity contribution < 1.29 is 5.11 Å². The second-order valence-electron chi connectivity index (χ2n) is 5.54. The van der Waals surface area contributed by atoms with E-state index in [1.807, 2.05) is 25.1 Å². The Labute approximate surface area is 129 Å². The number of aromatic nitrogens is 2. The molecule has 3 rings (SSSR count). The second-order valence-corrected chi connectivity index (χ2v) is 6.57. The molecule has 0 aliphatic carbocycles. The van der Waals surface area contributed by atoms with Gasteiger partial charge in [0.2, 0.25) is 0 Å². The number of aryl methyl sites for hydroxylation is 1. The largest absolute Gasteiger partial charge is 0.387 e. The highest BCUT2D eigenvalue weighted by molar-refractivity contribution is 7.15. The molecule has 1 saturated heterocycles. The summed E-state index contributed by atoms with van der Waals surface area (Å²) in [5.74, 6) is 0. The number of nitrogens with zero attached hydrogens (tertiary/aromatic N) is 3. The summed E-state index contributed by atoms with van der Waals surface area (Å²) in [6, 6.07) is 5.82. The van der Waals surface area contributed by atoms with E-state index >= 15 is 0 Å². The van der Waals surface area contributed by atoms with Crippen molar-refractivity contribution in [1.29, 1.82) is 0 Å². The lowest BCUT2D eigenvalue weighted by atomic mass is 10.2. The Morgan fingerprint density at radius 1 is 1.33 bits per heavy atom. The summed E-state index contributed by atoms with van der Waals surface area (Å²) < 4.78 is 0. The molecule has 4 nitrogen and oxygen atoms in total. The number of thiazole rings is 1. The van der Waals surface area contributed by atoms with Crippen molar-refractivity contribution in [2.75, 3.05) is 19.6 Å². The quantitative estimate of drug-likeness (QED) is 0.922. The maximum Gasteiger partial charge on any atom is 0.142 e. The molecule has 2 aromatic heterocycles. The van der Waals surface area contributed by atoms with Crippen LogP contribution >= 0.6 is 11.3 Å².